The molecule has 2 fully saturated rings. The van der Waals surface area contributed by atoms with Crippen LogP contribution >= 0.6 is 11.8 Å². The molecule has 32 heavy (non-hydrogen) atoms. The summed E-state index contributed by atoms with van der Waals surface area (Å²) in [5.41, 5.74) is 0.926. The number of aromatic nitrogens is 4. The van der Waals surface area contributed by atoms with Crippen molar-refractivity contribution < 1.29 is 24.4 Å². The van der Waals surface area contributed by atoms with Gasteiger partial charge < -0.3 is 25.4 Å². The third kappa shape index (κ3) is 3.95. The fourth-order valence-corrected chi connectivity index (χ4v) is 5.26. The average Bonchev–Trinajstić information content (AvgIpc) is 3.47. The summed E-state index contributed by atoms with van der Waals surface area (Å²) in [4.78, 5) is 13.4. The molecule has 2 aliphatic rings. The zero-order valence-electron chi connectivity index (χ0n) is 17.1. The minimum absolute atomic E-state index is 0.104. The van der Waals surface area contributed by atoms with Gasteiger partial charge in [0.1, 0.15) is 24.4 Å². The number of aliphatic hydroxyl groups excluding tert-OH is 3. The van der Waals surface area contributed by atoms with E-state index in [1.807, 2.05) is 0 Å². The van der Waals surface area contributed by atoms with Gasteiger partial charge in [-0.25, -0.2) is 19.3 Å². The monoisotopic (exact) mass is 461 g/mol. The van der Waals surface area contributed by atoms with Gasteiger partial charge in [-0.2, -0.15) is 0 Å². The summed E-state index contributed by atoms with van der Waals surface area (Å²) in [7, 11) is 0. The number of thioether (sulfide) groups is 1. The molecule has 1 aromatic carbocycles. The van der Waals surface area contributed by atoms with Crippen LogP contribution in [0.1, 0.15) is 25.5 Å². The molecule has 1 saturated carbocycles. The summed E-state index contributed by atoms with van der Waals surface area (Å²) >= 11 is 1.22. The van der Waals surface area contributed by atoms with Crippen molar-refractivity contribution >= 4 is 28.7 Å². The van der Waals surface area contributed by atoms with Crippen LogP contribution in [0.5, 0.6) is 0 Å². The van der Waals surface area contributed by atoms with Crippen molar-refractivity contribution in [3.8, 4) is 0 Å². The fraction of sp³-hybridized carbons (Fsp3) is 0.476. The molecule has 3 aromatic rings. The third-order valence-corrected chi connectivity index (χ3v) is 7.15. The van der Waals surface area contributed by atoms with Crippen LogP contribution in [0.2, 0.25) is 0 Å². The number of halogens is 1. The van der Waals surface area contributed by atoms with E-state index < -0.39 is 30.6 Å². The standard InChI is InChI=1S/C21H24FN5O4S/c22-11-4-1-2-7-15(11)32-8-14-17(29)18(30)21(31-14)27-10-25-16-19(23-9-24-20(16)27)26-12-5-3-6-13(12)28/h1-2,4,7,9-10,12-14,17-18,21,28-30H,3,5-6,8H2,(H,23,24,26)/t12-,13-,14-,17+,18?,21-/m1/s1. The number of hydrogen-bond donors (Lipinski definition) is 4. The van der Waals surface area contributed by atoms with Crippen LogP contribution < -0.4 is 5.32 Å². The number of nitrogens with one attached hydrogen (secondary N) is 1. The number of imidazole rings is 1. The lowest BCUT2D eigenvalue weighted by atomic mass is 10.1. The molecule has 170 valence electrons. The number of hydrogen-bond acceptors (Lipinski definition) is 9. The number of aliphatic hydroxyl groups is 3. The molecule has 0 amide bonds. The summed E-state index contributed by atoms with van der Waals surface area (Å²) in [6.07, 6.45) is 0.990. The van der Waals surface area contributed by atoms with E-state index in [4.69, 9.17) is 4.74 Å². The van der Waals surface area contributed by atoms with Crippen LogP contribution in [0.25, 0.3) is 11.2 Å². The van der Waals surface area contributed by atoms with Crippen molar-refractivity contribution in [1.82, 2.24) is 19.5 Å². The Labute approximate surface area is 187 Å². The molecule has 1 aliphatic carbocycles. The number of ether oxygens (including phenoxy) is 1. The maximum absolute atomic E-state index is 13.9. The molecular weight excluding hydrogens is 437 g/mol. The van der Waals surface area contributed by atoms with Gasteiger partial charge in [-0.05, 0) is 31.4 Å². The molecule has 2 aromatic heterocycles. The first-order chi connectivity index (χ1) is 15.5. The Hall–Kier alpha value is -2.31. The molecular formula is C21H24FN5O4S. The Balaban J connectivity index is 1.34. The molecule has 1 aliphatic heterocycles. The van der Waals surface area contributed by atoms with E-state index in [1.165, 1.54) is 30.5 Å². The predicted molar refractivity (Wildman–Crippen MR) is 116 cm³/mol. The number of fused-ring (bicyclic) bond motifs is 1. The number of nitrogens with zero attached hydrogens (tertiary/aromatic N) is 4. The van der Waals surface area contributed by atoms with Crippen molar-refractivity contribution in [2.24, 2.45) is 0 Å². The van der Waals surface area contributed by atoms with Gasteiger partial charge in [0.2, 0.25) is 0 Å². The zero-order chi connectivity index (χ0) is 22.2. The van der Waals surface area contributed by atoms with E-state index in [9.17, 15) is 19.7 Å². The molecule has 1 saturated heterocycles. The van der Waals surface area contributed by atoms with Crippen molar-refractivity contribution in [2.45, 2.75) is 60.8 Å². The van der Waals surface area contributed by atoms with Crippen LogP contribution in [0.3, 0.4) is 0 Å². The molecule has 0 radical (unpaired) electrons. The highest BCUT2D eigenvalue weighted by Gasteiger charge is 2.44. The molecule has 0 bridgehead atoms. The normalized spacial score (nSPS) is 30.2. The molecule has 3 heterocycles. The number of benzene rings is 1. The highest BCUT2D eigenvalue weighted by atomic mass is 32.2. The highest BCUT2D eigenvalue weighted by Crippen LogP contribution is 2.35. The SMILES string of the molecule is OC1[C@@H](O)[C@@H](CSc2ccccc2F)O[C@H]1n1cnc2c(N[C@@H]3CCC[C@H]3O)ncnc21. The Kier molecular flexibility index (Phi) is 5.99. The summed E-state index contributed by atoms with van der Waals surface area (Å²) in [5, 5.41) is 34.5. The van der Waals surface area contributed by atoms with E-state index in [2.05, 4.69) is 20.3 Å². The molecule has 9 nitrogen and oxygen atoms in total. The second-order valence-electron chi connectivity index (χ2n) is 8.08. The first-order valence-corrected chi connectivity index (χ1v) is 11.5. The van der Waals surface area contributed by atoms with Gasteiger partial charge >= 0.3 is 0 Å². The molecule has 11 heteroatoms. The zero-order valence-corrected chi connectivity index (χ0v) is 17.9. The van der Waals surface area contributed by atoms with E-state index in [-0.39, 0.29) is 17.6 Å². The van der Waals surface area contributed by atoms with E-state index in [0.717, 1.165) is 19.3 Å². The van der Waals surface area contributed by atoms with Crippen LogP contribution in [0.15, 0.2) is 41.8 Å². The maximum Gasteiger partial charge on any atom is 0.167 e. The van der Waals surface area contributed by atoms with Gasteiger partial charge in [0.15, 0.2) is 23.2 Å². The quantitative estimate of drug-likeness (QED) is 0.406. The van der Waals surface area contributed by atoms with Crippen molar-refractivity contribution in [3.05, 3.63) is 42.7 Å². The largest absolute Gasteiger partial charge is 0.391 e. The van der Waals surface area contributed by atoms with Gasteiger partial charge in [0.05, 0.1) is 24.6 Å². The Morgan fingerprint density at radius 3 is 2.75 bits per heavy atom. The average molecular weight is 462 g/mol. The highest BCUT2D eigenvalue weighted by molar-refractivity contribution is 7.99. The van der Waals surface area contributed by atoms with Crippen LogP contribution in [0.4, 0.5) is 10.2 Å². The molecule has 1 unspecified atom stereocenters. The van der Waals surface area contributed by atoms with Gasteiger partial charge in [0.25, 0.3) is 0 Å². The van der Waals surface area contributed by atoms with Gasteiger partial charge in [-0.1, -0.05) is 12.1 Å². The van der Waals surface area contributed by atoms with E-state index in [1.54, 1.807) is 22.8 Å². The van der Waals surface area contributed by atoms with Crippen molar-refractivity contribution in [2.75, 3.05) is 11.1 Å². The summed E-state index contributed by atoms with van der Waals surface area (Å²) in [6, 6.07) is 6.28. The Morgan fingerprint density at radius 1 is 1.12 bits per heavy atom. The summed E-state index contributed by atoms with van der Waals surface area (Å²) in [6.45, 7) is 0. The Morgan fingerprint density at radius 2 is 1.97 bits per heavy atom. The predicted octanol–water partition coefficient (Wildman–Crippen LogP) is 1.70. The Bertz CT molecular complexity index is 1100. The fourth-order valence-electron chi connectivity index (χ4n) is 4.26. The minimum Gasteiger partial charge on any atom is -0.391 e. The topological polar surface area (TPSA) is 126 Å². The first-order valence-electron chi connectivity index (χ1n) is 10.5. The third-order valence-electron chi connectivity index (χ3n) is 6.01. The van der Waals surface area contributed by atoms with Gasteiger partial charge in [-0.3, -0.25) is 4.57 Å². The second kappa shape index (κ2) is 8.91. The smallest absolute Gasteiger partial charge is 0.167 e. The van der Waals surface area contributed by atoms with E-state index >= 15 is 0 Å². The first kappa shape index (κ1) is 21.5. The van der Waals surface area contributed by atoms with Crippen molar-refractivity contribution in [1.29, 1.82) is 0 Å². The van der Waals surface area contributed by atoms with Crippen molar-refractivity contribution in [3.63, 3.8) is 0 Å². The minimum atomic E-state index is -1.21. The molecule has 5 rings (SSSR count). The molecule has 0 spiro atoms. The van der Waals surface area contributed by atoms with Crippen LogP contribution in [-0.2, 0) is 4.74 Å². The maximum atomic E-state index is 13.9. The lowest BCUT2D eigenvalue weighted by Gasteiger charge is -2.18. The van der Waals surface area contributed by atoms with E-state index in [0.29, 0.717) is 21.9 Å². The van der Waals surface area contributed by atoms with Gasteiger partial charge in [-0.15, -0.1) is 11.8 Å². The summed E-state index contributed by atoms with van der Waals surface area (Å²) in [5.74, 6) is 0.426. The van der Waals surface area contributed by atoms with Gasteiger partial charge in [0, 0.05) is 10.6 Å². The molecule has 6 atom stereocenters. The van der Waals surface area contributed by atoms with Crippen LogP contribution in [0, 0.1) is 5.82 Å². The van der Waals surface area contributed by atoms with Crippen LogP contribution in [-0.4, -0.2) is 71.0 Å². The summed E-state index contributed by atoms with van der Waals surface area (Å²) < 4.78 is 21.4. The second-order valence-corrected chi connectivity index (χ2v) is 9.14. The lowest BCUT2D eigenvalue weighted by molar-refractivity contribution is -0.0289. The number of anilines is 1. The lowest BCUT2D eigenvalue weighted by Crippen LogP contribution is -2.32. The number of rotatable bonds is 6. The molecule has 4 N–H and O–H groups in total.